The van der Waals surface area contributed by atoms with Crippen LogP contribution in [0.15, 0.2) is 0 Å². The summed E-state index contributed by atoms with van der Waals surface area (Å²) < 4.78 is 5.87. The minimum absolute atomic E-state index is 0.214. The zero-order valence-electron chi connectivity index (χ0n) is 10.3. The number of aryl methyl sites for hydroxylation is 1. The maximum absolute atomic E-state index is 6.16. The second-order valence-electron chi connectivity index (χ2n) is 5.08. The lowest BCUT2D eigenvalue weighted by Gasteiger charge is -2.15. The fraction of sp³-hybridized carbons (Fsp3) is 0.769. The largest absolute Gasteiger partial charge is 0.371 e. The van der Waals surface area contributed by atoms with Gasteiger partial charge in [0.05, 0.1) is 5.69 Å². The summed E-state index contributed by atoms with van der Waals surface area (Å²) in [6.45, 7) is 2.84. The molecule has 3 nitrogen and oxygen atoms in total. The van der Waals surface area contributed by atoms with Gasteiger partial charge in [0, 0.05) is 17.5 Å². The van der Waals surface area contributed by atoms with Crippen LogP contribution in [0, 0.1) is 5.92 Å². The lowest BCUT2D eigenvalue weighted by atomic mass is 9.99. The van der Waals surface area contributed by atoms with Crippen LogP contribution in [-0.4, -0.2) is 11.6 Å². The number of nitrogens with zero attached hydrogens (tertiary/aromatic N) is 1. The van der Waals surface area contributed by atoms with Gasteiger partial charge in [-0.2, -0.15) is 0 Å². The highest BCUT2D eigenvalue weighted by molar-refractivity contribution is 7.11. The van der Waals surface area contributed by atoms with E-state index in [0.29, 0.717) is 5.92 Å². The average molecular weight is 252 g/mol. The number of hydrogen-bond donors (Lipinski definition) is 1. The van der Waals surface area contributed by atoms with Gasteiger partial charge in [-0.3, -0.25) is 0 Å². The van der Waals surface area contributed by atoms with E-state index in [2.05, 4.69) is 6.92 Å². The van der Waals surface area contributed by atoms with Gasteiger partial charge in [-0.15, -0.1) is 11.3 Å². The van der Waals surface area contributed by atoms with Gasteiger partial charge in [0.15, 0.2) is 0 Å². The molecule has 1 saturated carbocycles. The number of thiazole rings is 1. The first-order valence-electron chi connectivity index (χ1n) is 6.66. The minimum atomic E-state index is 0.214. The molecular formula is C13H20N2OS. The van der Waals surface area contributed by atoms with Crippen molar-refractivity contribution in [3.63, 3.8) is 0 Å². The Hall–Kier alpha value is -0.450. The Morgan fingerprint density at radius 1 is 1.47 bits per heavy atom. The Kier molecular flexibility index (Phi) is 3.19. The number of fused-ring (bicyclic) bond motifs is 1. The molecule has 0 saturated heterocycles. The minimum Gasteiger partial charge on any atom is -0.371 e. The maximum Gasteiger partial charge on any atom is 0.122 e. The Labute approximate surface area is 106 Å². The van der Waals surface area contributed by atoms with Crippen LogP contribution < -0.4 is 5.73 Å². The normalized spacial score (nSPS) is 25.6. The number of aromatic nitrogens is 1. The van der Waals surface area contributed by atoms with Gasteiger partial charge in [0.1, 0.15) is 11.1 Å². The Morgan fingerprint density at radius 2 is 2.29 bits per heavy atom. The molecule has 2 unspecified atom stereocenters. The molecule has 3 rings (SSSR count). The molecule has 0 aromatic carbocycles. The van der Waals surface area contributed by atoms with Gasteiger partial charge in [-0.1, -0.05) is 0 Å². The fourth-order valence-corrected chi connectivity index (χ4v) is 3.87. The summed E-state index contributed by atoms with van der Waals surface area (Å²) in [5.41, 5.74) is 7.40. The van der Waals surface area contributed by atoms with Crippen molar-refractivity contribution >= 4 is 11.3 Å². The highest BCUT2D eigenvalue weighted by atomic mass is 32.1. The highest BCUT2D eigenvalue weighted by Crippen LogP contribution is 2.46. The summed E-state index contributed by atoms with van der Waals surface area (Å²) in [7, 11) is 0. The highest BCUT2D eigenvalue weighted by Gasteiger charge is 2.36. The first-order chi connectivity index (χ1) is 8.29. The van der Waals surface area contributed by atoms with Crippen LogP contribution in [0.3, 0.4) is 0 Å². The molecule has 2 N–H and O–H groups in total. The van der Waals surface area contributed by atoms with Crippen LogP contribution in [-0.2, 0) is 11.2 Å². The molecule has 2 atom stereocenters. The lowest BCUT2D eigenvalue weighted by molar-refractivity contribution is 0.0461. The number of hydrogen-bond acceptors (Lipinski definition) is 4. The molecule has 2 aliphatic rings. The second-order valence-corrected chi connectivity index (χ2v) is 6.14. The monoisotopic (exact) mass is 252 g/mol. The van der Waals surface area contributed by atoms with E-state index in [1.54, 1.807) is 11.3 Å². The van der Waals surface area contributed by atoms with Crippen LogP contribution in [0.4, 0.5) is 0 Å². The van der Waals surface area contributed by atoms with Gasteiger partial charge in [0.25, 0.3) is 0 Å². The summed E-state index contributed by atoms with van der Waals surface area (Å²) in [6, 6.07) is 0.214. The van der Waals surface area contributed by atoms with Crippen molar-refractivity contribution in [2.24, 2.45) is 11.7 Å². The SMILES string of the molecule is CCOC(c1nc2c(s1)C(N)CCC2)C1CC1. The molecule has 0 bridgehead atoms. The summed E-state index contributed by atoms with van der Waals surface area (Å²) in [6.07, 6.45) is 6.21. The third-order valence-corrected chi connectivity index (χ3v) is 4.94. The van der Waals surface area contributed by atoms with Crippen molar-refractivity contribution < 1.29 is 4.74 Å². The molecule has 1 aromatic rings. The Morgan fingerprint density at radius 3 is 2.94 bits per heavy atom. The topological polar surface area (TPSA) is 48.1 Å². The van der Waals surface area contributed by atoms with E-state index < -0.39 is 0 Å². The summed E-state index contributed by atoms with van der Waals surface area (Å²) in [5, 5.41) is 1.18. The predicted molar refractivity (Wildman–Crippen MR) is 69.1 cm³/mol. The van der Waals surface area contributed by atoms with Crippen LogP contribution >= 0.6 is 11.3 Å². The number of rotatable bonds is 4. The van der Waals surface area contributed by atoms with Crippen LogP contribution in [0.25, 0.3) is 0 Å². The van der Waals surface area contributed by atoms with Gasteiger partial charge in [0.2, 0.25) is 0 Å². The predicted octanol–water partition coefficient (Wildman–Crippen LogP) is 2.97. The van der Waals surface area contributed by atoms with Crippen LogP contribution in [0.2, 0.25) is 0 Å². The molecule has 0 radical (unpaired) electrons. The molecule has 0 amide bonds. The molecule has 17 heavy (non-hydrogen) atoms. The van der Waals surface area contributed by atoms with E-state index in [1.165, 1.54) is 34.8 Å². The molecule has 4 heteroatoms. The van der Waals surface area contributed by atoms with Crippen molar-refractivity contribution in [1.82, 2.24) is 4.98 Å². The number of nitrogens with two attached hydrogens (primary N) is 1. The molecule has 0 spiro atoms. The number of ether oxygens (including phenoxy) is 1. The summed E-state index contributed by atoms with van der Waals surface area (Å²) in [5.74, 6) is 0.707. The summed E-state index contributed by atoms with van der Waals surface area (Å²) >= 11 is 1.80. The first kappa shape index (κ1) is 11.6. The molecule has 0 aliphatic heterocycles. The molecule has 2 aliphatic carbocycles. The van der Waals surface area contributed by atoms with Gasteiger partial charge < -0.3 is 10.5 Å². The average Bonchev–Trinajstić information content (AvgIpc) is 3.05. The Balaban J connectivity index is 1.86. The van der Waals surface area contributed by atoms with Gasteiger partial charge in [-0.25, -0.2) is 4.98 Å². The molecule has 1 fully saturated rings. The van der Waals surface area contributed by atoms with E-state index in [4.69, 9.17) is 15.5 Å². The van der Waals surface area contributed by atoms with Crippen molar-refractivity contribution in [3.05, 3.63) is 15.6 Å². The lowest BCUT2D eigenvalue weighted by Crippen LogP contribution is -2.15. The first-order valence-corrected chi connectivity index (χ1v) is 7.48. The van der Waals surface area contributed by atoms with E-state index >= 15 is 0 Å². The standard InChI is InChI=1S/C13H20N2OS/c1-2-16-11(8-6-7-8)13-15-10-5-3-4-9(14)12(10)17-13/h8-9,11H,2-7,14H2,1H3. The van der Waals surface area contributed by atoms with E-state index in [0.717, 1.165) is 19.4 Å². The van der Waals surface area contributed by atoms with Crippen molar-refractivity contribution in [2.45, 2.75) is 51.2 Å². The quantitative estimate of drug-likeness (QED) is 0.896. The maximum atomic E-state index is 6.16. The molecule has 1 heterocycles. The smallest absolute Gasteiger partial charge is 0.122 e. The van der Waals surface area contributed by atoms with Gasteiger partial charge in [-0.05, 0) is 44.9 Å². The van der Waals surface area contributed by atoms with Crippen molar-refractivity contribution in [2.75, 3.05) is 6.61 Å². The fourth-order valence-electron chi connectivity index (χ4n) is 2.58. The zero-order chi connectivity index (χ0) is 11.8. The van der Waals surface area contributed by atoms with Crippen molar-refractivity contribution in [3.8, 4) is 0 Å². The summed E-state index contributed by atoms with van der Waals surface area (Å²) in [4.78, 5) is 6.11. The molecule has 1 aromatic heterocycles. The Bertz CT molecular complexity index is 400. The van der Waals surface area contributed by atoms with Crippen LogP contribution in [0.5, 0.6) is 0 Å². The van der Waals surface area contributed by atoms with Crippen LogP contribution in [0.1, 0.15) is 60.3 Å². The van der Waals surface area contributed by atoms with E-state index in [1.807, 2.05) is 0 Å². The molecule has 94 valence electrons. The molecular weight excluding hydrogens is 232 g/mol. The third-order valence-electron chi connectivity index (χ3n) is 3.65. The third kappa shape index (κ3) is 2.26. The van der Waals surface area contributed by atoms with E-state index in [9.17, 15) is 0 Å². The van der Waals surface area contributed by atoms with Crippen molar-refractivity contribution in [1.29, 1.82) is 0 Å². The van der Waals surface area contributed by atoms with E-state index in [-0.39, 0.29) is 12.1 Å². The van der Waals surface area contributed by atoms with Gasteiger partial charge >= 0.3 is 0 Å². The zero-order valence-corrected chi connectivity index (χ0v) is 11.1. The second kappa shape index (κ2) is 4.67.